The van der Waals surface area contributed by atoms with E-state index in [0.717, 1.165) is 0 Å². The number of carbonyl (C=O) groups is 3. The summed E-state index contributed by atoms with van der Waals surface area (Å²) in [7, 11) is 1.26. The fourth-order valence-electron chi connectivity index (χ4n) is 1.77. The molecule has 0 heterocycles. The maximum absolute atomic E-state index is 11.8. The van der Waals surface area contributed by atoms with Gasteiger partial charge in [-0.1, -0.05) is 24.3 Å². The Bertz CT molecular complexity index is 528. The van der Waals surface area contributed by atoms with Crippen molar-refractivity contribution in [3.8, 4) is 0 Å². The molecule has 0 bridgehead atoms. The van der Waals surface area contributed by atoms with Gasteiger partial charge in [-0.15, -0.1) is 6.58 Å². The van der Waals surface area contributed by atoms with Crippen LogP contribution < -0.4 is 10.6 Å². The van der Waals surface area contributed by atoms with Crippen molar-refractivity contribution in [2.24, 2.45) is 0 Å². The van der Waals surface area contributed by atoms with Gasteiger partial charge in [0.1, 0.15) is 6.04 Å². The number of allylic oxidation sites excluding steroid dienone is 1. The third kappa shape index (κ3) is 5.78. The number of carbonyl (C=O) groups excluding carboxylic acids is 3. The fraction of sp³-hybridized carbons (Fsp3) is 0.312. The monoisotopic (exact) mass is 304 g/mol. The van der Waals surface area contributed by atoms with Crippen LogP contribution in [0.15, 0.2) is 43.0 Å². The van der Waals surface area contributed by atoms with Crippen LogP contribution in [0.2, 0.25) is 0 Å². The van der Waals surface area contributed by atoms with E-state index in [9.17, 15) is 14.4 Å². The molecule has 0 saturated carbocycles. The molecule has 0 aliphatic rings. The molecule has 6 heteroatoms. The van der Waals surface area contributed by atoms with Crippen LogP contribution in [0.25, 0.3) is 0 Å². The van der Waals surface area contributed by atoms with E-state index >= 15 is 0 Å². The summed E-state index contributed by atoms with van der Waals surface area (Å²) in [6.45, 7) is 3.36. The Balaban J connectivity index is 2.48. The molecule has 118 valence electrons. The third-order valence-corrected chi connectivity index (χ3v) is 2.93. The summed E-state index contributed by atoms with van der Waals surface area (Å²) in [4.78, 5) is 35.2. The molecular weight excluding hydrogens is 284 g/mol. The summed E-state index contributed by atoms with van der Waals surface area (Å²) < 4.78 is 4.63. The first-order chi connectivity index (χ1) is 10.6. The fourth-order valence-corrected chi connectivity index (χ4v) is 1.77. The zero-order valence-corrected chi connectivity index (χ0v) is 12.5. The first kappa shape index (κ1) is 17.4. The molecule has 0 aliphatic carbocycles. The van der Waals surface area contributed by atoms with E-state index in [1.807, 2.05) is 0 Å². The number of nitrogens with one attached hydrogen (secondary N) is 2. The normalized spacial score (nSPS) is 11.1. The van der Waals surface area contributed by atoms with E-state index in [1.54, 1.807) is 36.4 Å². The number of ether oxygens (including phenoxy) is 1. The Hall–Kier alpha value is -2.63. The average Bonchev–Trinajstić information content (AvgIpc) is 2.56. The predicted molar refractivity (Wildman–Crippen MR) is 82.2 cm³/mol. The highest BCUT2D eigenvalue weighted by Gasteiger charge is 2.20. The standard InChI is InChI=1S/C16H20N2O4/c1-3-4-10-13(16(21)22-2)18-14(19)11-17-15(20)12-8-6-5-7-9-12/h3,5-9,13H,1,4,10-11H2,2H3,(H,17,20)(H,18,19)/t13-/m1/s1. The van der Waals surface area contributed by atoms with Crippen molar-refractivity contribution in [2.75, 3.05) is 13.7 Å². The SMILES string of the molecule is C=CCC[C@@H](NC(=O)CNC(=O)c1ccccc1)C(=O)OC. The first-order valence-corrected chi connectivity index (χ1v) is 6.89. The van der Waals surface area contributed by atoms with Crippen LogP contribution in [-0.2, 0) is 14.3 Å². The van der Waals surface area contributed by atoms with Crippen LogP contribution >= 0.6 is 0 Å². The van der Waals surface area contributed by atoms with Crippen molar-refractivity contribution in [2.45, 2.75) is 18.9 Å². The summed E-state index contributed by atoms with van der Waals surface area (Å²) in [6, 6.07) is 7.81. The summed E-state index contributed by atoms with van der Waals surface area (Å²) in [5.41, 5.74) is 0.464. The molecule has 22 heavy (non-hydrogen) atoms. The topological polar surface area (TPSA) is 84.5 Å². The Labute approximate surface area is 129 Å². The van der Waals surface area contributed by atoms with Gasteiger partial charge in [0.05, 0.1) is 13.7 Å². The summed E-state index contributed by atoms with van der Waals surface area (Å²) in [5.74, 6) is -1.33. The van der Waals surface area contributed by atoms with Crippen molar-refractivity contribution in [3.05, 3.63) is 48.6 Å². The van der Waals surface area contributed by atoms with Gasteiger partial charge >= 0.3 is 5.97 Å². The predicted octanol–water partition coefficient (Wildman–Crippen LogP) is 1.04. The van der Waals surface area contributed by atoms with Gasteiger partial charge < -0.3 is 15.4 Å². The third-order valence-electron chi connectivity index (χ3n) is 2.93. The molecule has 1 atom stereocenters. The maximum atomic E-state index is 11.8. The minimum Gasteiger partial charge on any atom is -0.467 e. The van der Waals surface area contributed by atoms with Gasteiger partial charge in [-0.25, -0.2) is 4.79 Å². The zero-order chi connectivity index (χ0) is 16.4. The Kier molecular flexibility index (Phi) is 7.39. The maximum Gasteiger partial charge on any atom is 0.328 e. The van der Waals surface area contributed by atoms with Crippen LogP contribution in [0, 0.1) is 0 Å². The van der Waals surface area contributed by atoms with E-state index in [1.165, 1.54) is 7.11 Å². The van der Waals surface area contributed by atoms with E-state index in [2.05, 4.69) is 21.9 Å². The number of hydrogen-bond donors (Lipinski definition) is 2. The second-order valence-electron chi connectivity index (χ2n) is 4.56. The largest absolute Gasteiger partial charge is 0.467 e. The highest BCUT2D eigenvalue weighted by Crippen LogP contribution is 2.01. The molecule has 0 saturated heterocycles. The first-order valence-electron chi connectivity index (χ1n) is 6.89. The summed E-state index contributed by atoms with van der Waals surface area (Å²) in [6.07, 6.45) is 2.62. The summed E-state index contributed by atoms with van der Waals surface area (Å²) in [5, 5.41) is 5.03. The lowest BCUT2D eigenvalue weighted by Crippen LogP contribution is -2.45. The molecule has 6 nitrogen and oxygen atoms in total. The van der Waals surface area contributed by atoms with Crippen LogP contribution in [0.1, 0.15) is 23.2 Å². The van der Waals surface area contributed by atoms with Gasteiger partial charge in [-0.3, -0.25) is 9.59 Å². The van der Waals surface area contributed by atoms with Crippen molar-refractivity contribution >= 4 is 17.8 Å². The molecular formula is C16H20N2O4. The molecule has 0 radical (unpaired) electrons. The van der Waals surface area contributed by atoms with Crippen LogP contribution in [0.4, 0.5) is 0 Å². The molecule has 0 aromatic heterocycles. The van der Waals surface area contributed by atoms with Gasteiger partial charge in [-0.2, -0.15) is 0 Å². The van der Waals surface area contributed by atoms with E-state index in [4.69, 9.17) is 0 Å². The van der Waals surface area contributed by atoms with Gasteiger partial charge in [-0.05, 0) is 25.0 Å². The minimum absolute atomic E-state index is 0.213. The number of esters is 1. The number of benzene rings is 1. The van der Waals surface area contributed by atoms with E-state index < -0.39 is 17.9 Å². The van der Waals surface area contributed by atoms with Crippen molar-refractivity contribution in [3.63, 3.8) is 0 Å². The lowest BCUT2D eigenvalue weighted by atomic mass is 10.1. The highest BCUT2D eigenvalue weighted by atomic mass is 16.5. The molecule has 0 aliphatic heterocycles. The molecule has 0 fully saturated rings. The Morgan fingerprint density at radius 3 is 2.55 bits per heavy atom. The van der Waals surface area contributed by atoms with Crippen molar-refractivity contribution in [1.29, 1.82) is 0 Å². The van der Waals surface area contributed by atoms with Crippen molar-refractivity contribution < 1.29 is 19.1 Å². The van der Waals surface area contributed by atoms with E-state index in [0.29, 0.717) is 18.4 Å². The van der Waals surface area contributed by atoms with Crippen molar-refractivity contribution in [1.82, 2.24) is 10.6 Å². The molecule has 1 rings (SSSR count). The van der Waals surface area contributed by atoms with Gasteiger partial charge in [0, 0.05) is 5.56 Å². The quantitative estimate of drug-likeness (QED) is 0.555. The lowest BCUT2D eigenvalue weighted by molar-refractivity contribution is -0.145. The molecule has 2 amide bonds. The van der Waals surface area contributed by atoms with Crippen LogP contribution in [0.3, 0.4) is 0 Å². The lowest BCUT2D eigenvalue weighted by Gasteiger charge is -2.16. The smallest absolute Gasteiger partial charge is 0.328 e. The number of methoxy groups -OCH3 is 1. The zero-order valence-electron chi connectivity index (χ0n) is 12.5. The highest BCUT2D eigenvalue weighted by molar-refractivity contribution is 5.96. The van der Waals surface area contributed by atoms with Crippen LogP contribution in [0.5, 0.6) is 0 Å². The molecule has 0 spiro atoms. The average molecular weight is 304 g/mol. The van der Waals surface area contributed by atoms with Crippen LogP contribution in [-0.4, -0.2) is 37.5 Å². The molecule has 1 aromatic rings. The Morgan fingerprint density at radius 2 is 1.95 bits per heavy atom. The second kappa shape index (κ2) is 9.33. The van der Waals surface area contributed by atoms with Gasteiger partial charge in [0.25, 0.3) is 5.91 Å². The van der Waals surface area contributed by atoms with E-state index in [-0.39, 0.29) is 12.5 Å². The minimum atomic E-state index is -0.746. The van der Waals surface area contributed by atoms with Gasteiger partial charge in [0.2, 0.25) is 5.91 Å². The number of rotatable bonds is 8. The molecule has 1 aromatic carbocycles. The number of amides is 2. The second-order valence-corrected chi connectivity index (χ2v) is 4.56. The molecule has 0 unspecified atom stereocenters. The van der Waals surface area contributed by atoms with Gasteiger partial charge in [0.15, 0.2) is 0 Å². The Morgan fingerprint density at radius 1 is 1.27 bits per heavy atom. The number of hydrogen-bond acceptors (Lipinski definition) is 4. The summed E-state index contributed by atoms with van der Waals surface area (Å²) >= 11 is 0. The molecule has 2 N–H and O–H groups in total.